The van der Waals surface area contributed by atoms with Gasteiger partial charge in [-0.2, -0.15) is 11.8 Å². The fraction of sp³-hybridized carbons (Fsp3) is 1.00. The minimum Gasteiger partial charge on any atom is -0.314 e. The van der Waals surface area contributed by atoms with Gasteiger partial charge in [0.15, 0.2) is 0 Å². The van der Waals surface area contributed by atoms with Gasteiger partial charge in [-0.25, -0.2) is 0 Å². The predicted molar refractivity (Wildman–Crippen MR) is 71.6 cm³/mol. The van der Waals surface area contributed by atoms with E-state index < -0.39 is 0 Å². The van der Waals surface area contributed by atoms with Crippen LogP contribution >= 0.6 is 11.8 Å². The van der Waals surface area contributed by atoms with Gasteiger partial charge in [0.2, 0.25) is 0 Å². The molecule has 0 bridgehead atoms. The van der Waals surface area contributed by atoms with Crippen molar-refractivity contribution in [3.63, 3.8) is 0 Å². The summed E-state index contributed by atoms with van der Waals surface area (Å²) in [6, 6.07) is 0.705. The average Bonchev–Trinajstić information content (AvgIpc) is 2.25. The topological polar surface area (TPSA) is 12.0 Å². The predicted octanol–water partition coefficient (Wildman–Crippen LogP) is 3.54. The van der Waals surface area contributed by atoms with Gasteiger partial charge in [0.05, 0.1) is 0 Å². The normalized spacial score (nSPS) is 29.0. The molecule has 1 saturated carbocycles. The van der Waals surface area contributed by atoms with E-state index in [1.54, 1.807) is 0 Å². The molecule has 0 heterocycles. The van der Waals surface area contributed by atoms with E-state index in [1.165, 1.54) is 44.4 Å². The molecular weight excluding hydrogens is 202 g/mol. The quantitative estimate of drug-likeness (QED) is 0.747. The second kappa shape index (κ2) is 7.56. The molecule has 0 aromatic heterocycles. The highest BCUT2D eigenvalue weighted by Gasteiger charge is 2.18. The summed E-state index contributed by atoms with van der Waals surface area (Å²) in [4.78, 5) is 0. The van der Waals surface area contributed by atoms with Crippen molar-refractivity contribution < 1.29 is 0 Å². The van der Waals surface area contributed by atoms with Crippen LogP contribution in [-0.2, 0) is 0 Å². The van der Waals surface area contributed by atoms with Gasteiger partial charge in [0.1, 0.15) is 0 Å². The van der Waals surface area contributed by atoms with E-state index in [9.17, 15) is 0 Å². The van der Waals surface area contributed by atoms with Gasteiger partial charge in [-0.1, -0.05) is 19.8 Å². The van der Waals surface area contributed by atoms with Crippen molar-refractivity contribution in [3.8, 4) is 0 Å². The van der Waals surface area contributed by atoms with Gasteiger partial charge in [0.25, 0.3) is 0 Å². The third kappa shape index (κ3) is 5.82. The molecule has 90 valence electrons. The van der Waals surface area contributed by atoms with Crippen LogP contribution in [0.15, 0.2) is 0 Å². The molecule has 0 aliphatic heterocycles. The highest BCUT2D eigenvalue weighted by molar-refractivity contribution is 7.98. The second-order valence-corrected chi connectivity index (χ2v) is 6.20. The fourth-order valence-corrected chi connectivity index (χ4v) is 2.89. The Balaban J connectivity index is 2.04. The van der Waals surface area contributed by atoms with Gasteiger partial charge < -0.3 is 5.32 Å². The maximum atomic E-state index is 3.69. The smallest absolute Gasteiger partial charge is 0.00466 e. The Bertz CT molecular complexity index is 153. The van der Waals surface area contributed by atoms with Crippen LogP contribution in [0, 0.1) is 11.8 Å². The van der Waals surface area contributed by atoms with E-state index in [1.807, 2.05) is 11.8 Å². The lowest BCUT2D eigenvalue weighted by Crippen LogP contribution is -2.33. The molecule has 2 heteroatoms. The number of nitrogens with one attached hydrogen (secondary N) is 1. The Morgan fingerprint density at radius 2 is 1.93 bits per heavy atom. The second-order valence-electron chi connectivity index (χ2n) is 5.22. The van der Waals surface area contributed by atoms with Gasteiger partial charge in [-0.15, -0.1) is 0 Å². The molecule has 0 radical (unpaired) electrons. The number of rotatable bonds is 6. The van der Waals surface area contributed by atoms with Crippen LogP contribution in [0.25, 0.3) is 0 Å². The molecule has 0 aromatic rings. The van der Waals surface area contributed by atoms with E-state index >= 15 is 0 Å². The number of hydrogen-bond acceptors (Lipinski definition) is 2. The Morgan fingerprint density at radius 1 is 1.27 bits per heavy atom. The van der Waals surface area contributed by atoms with Crippen molar-refractivity contribution in [1.82, 2.24) is 5.32 Å². The Hall–Kier alpha value is 0.310. The largest absolute Gasteiger partial charge is 0.314 e. The summed E-state index contributed by atoms with van der Waals surface area (Å²) < 4.78 is 0. The molecular formula is C13H27NS. The van der Waals surface area contributed by atoms with Crippen molar-refractivity contribution in [1.29, 1.82) is 0 Å². The van der Waals surface area contributed by atoms with Crippen molar-refractivity contribution in [2.75, 3.05) is 18.6 Å². The Morgan fingerprint density at radius 3 is 2.53 bits per heavy atom. The first-order valence-corrected chi connectivity index (χ1v) is 7.84. The lowest BCUT2D eigenvalue weighted by molar-refractivity contribution is 0.275. The summed E-state index contributed by atoms with van der Waals surface area (Å²) >= 11 is 1.95. The molecule has 1 nitrogen and oxygen atoms in total. The van der Waals surface area contributed by atoms with Gasteiger partial charge in [-0.05, 0) is 56.6 Å². The summed E-state index contributed by atoms with van der Waals surface area (Å²) in [6.07, 6.45) is 9.30. The summed E-state index contributed by atoms with van der Waals surface area (Å²) in [5.41, 5.74) is 0. The molecule has 1 fully saturated rings. The molecule has 0 spiro atoms. The van der Waals surface area contributed by atoms with Gasteiger partial charge in [0, 0.05) is 6.04 Å². The Labute approximate surface area is 99.8 Å². The molecule has 1 atom stereocenters. The average molecular weight is 229 g/mol. The lowest BCUT2D eigenvalue weighted by atomic mass is 9.83. The number of hydrogen-bond donors (Lipinski definition) is 1. The zero-order chi connectivity index (χ0) is 11.1. The fourth-order valence-electron chi connectivity index (χ4n) is 2.30. The van der Waals surface area contributed by atoms with E-state index in [2.05, 4.69) is 25.4 Å². The van der Waals surface area contributed by atoms with Crippen LogP contribution in [0.2, 0.25) is 0 Å². The van der Waals surface area contributed by atoms with Crippen molar-refractivity contribution in [2.45, 2.75) is 52.0 Å². The zero-order valence-corrected chi connectivity index (χ0v) is 11.4. The highest BCUT2D eigenvalue weighted by atomic mass is 32.2. The first-order valence-electron chi connectivity index (χ1n) is 6.44. The molecule has 0 amide bonds. The van der Waals surface area contributed by atoms with E-state index in [4.69, 9.17) is 0 Å². The van der Waals surface area contributed by atoms with Crippen LogP contribution in [-0.4, -0.2) is 24.6 Å². The van der Waals surface area contributed by atoms with E-state index in [-0.39, 0.29) is 0 Å². The third-order valence-electron chi connectivity index (χ3n) is 3.65. The minimum absolute atomic E-state index is 0.705. The first kappa shape index (κ1) is 13.4. The van der Waals surface area contributed by atoms with Gasteiger partial charge in [-0.3, -0.25) is 0 Å². The van der Waals surface area contributed by atoms with Crippen molar-refractivity contribution >= 4 is 11.8 Å². The third-order valence-corrected chi connectivity index (χ3v) is 4.29. The van der Waals surface area contributed by atoms with E-state index in [0.717, 1.165) is 11.8 Å². The maximum absolute atomic E-state index is 3.69. The SMILES string of the molecule is CSCCC(C)NCC1CCC(C)CC1. The van der Waals surface area contributed by atoms with Crippen molar-refractivity contribution in [3.05, 3.63) is 0 Å². The maximum Gasteiger partial charge on any atom is 0.00466 e. The zero-order valence-electron chi connectivity index (χ0n) is 10.6. The Kier molecular flexibility index (Phi) is 6.74. The van der Waals surface area contributed by atoms with Gasteiger partial charge >= 0.3 is 0 Å². The lowest BCUT2D eigenvalue weighted by Gasteiger charge is -2.27. The van der Waals surface area contributed by atoms with Crippen molar-refractivity contribution in [2.24, 2.45) is 11.8 Å². The van der Waals surface area contributed by atoms with Crippen LogP contribution < -0.4 is 5.32 Å². The standard InChI is InChI=1S/C13H27NS/c1-11-4-6-13(7-5-11)10-14-12(2)8-9-15-3/h11-14H,4-10H2,1-3H3. The number of thioether (sulfide) groups is 1. The molecule has 1 rings (SSSR count). The van der Waals surface area contributed by atoms with Crippen LogP contribution in [0.3, 0.4) is 0 Å². The summed E-state index contributed by atoms with van der Waals surface area (Å²) in [5.74, 6) is 3.23. The van der Waals surface area contributed by atoms with Crippen LogP contribution in [0.4, 0.5) is 0 Å². The van der Waals surface area contributed by atoms with Crippen LogP contribution in [0.5, 0.6) is 0 Å². The first-order chi connectivity index (χ1) is 7.22. The molecule has 1 unspecified atom stereocenters. The van der Waals surface area contributed by atoms with Crippen LogP contribution in [0.1, 0.15) is 46.0 Å². The van der Waals surface area contributed by atoms with E-state index in [0.29, 0.717) is 6.04 Å². The molecule has 0 aromatic carbocycles. The molecule has 1 aliphatic rings. The summed E-state index contributed by atoms with van der Waals surface area (Å²) in [6.45, 7) is 5.97. The monoisotopic (exact) mass is 229 g/mol. The molecule has 0 saturated heterocycles. The summed E-state index contributed by atoms with van der Waals surface area (Å²) in [7, 11) is 0. The molecule has 1 aliphatic carbocycles. The highest BCUT2D eigenvalue weighted by Crippen LogP contribution is 2.27. The molecule has 15 heavy (non-hydrogen) atoms. The summed E-state index contributed by atoms with van der Waals surface area (Å²) in [5, 5.41) is 3.69. The minimum atomic E-state index is 0.705. The molecule has 1 N–H and O–H groups in total.